The fraction of sp³-hybridized carbons (Fsp3) is 1.00. The largest absolute Gasteiger partial charge is 0.412 e. The molecule has 12 N–H and O–H groups in total. The molecule has 8 nitrogen and oxygen atoms in total. The quantitative estimate of drug-likeness (QED) is 0.322. The van der Waals surface area contributed by atoms with Crippen LogP contribution in [0.5, 0.6) is 0 Å². The molecular formula is C16H52N2O6Pt+2. The van der Waals surface area contributed by atoms with Crippen molar-refractivity contribution in [2.75, 3.05) is 52.4 Å². The summed E-state index contributed by atoms with van der Waals surface area (Å²) in [6.45, 7) is 28.4. The summed E-state index contributed by atoms with van der Waals surface area (Å²) in [6.07, 6.45) is 0. The standard InChI is InChI=1S/2C8H20N.6H2O.Pt/c2*1-5-9(6-2,7-3)8-4;;;;;;;/h2*5-8H2,1-4H3;6*1H2;/q2*+1;;;;;;;. The molecule has 0 aliphatic carbocycles. The van der Waals surface area contributed by atoms with Gasteiger partial charge >= 0.3 is 0 Å². The third kappa shape index (κ3) is 20.5. The average Bonchev–Trinajstić information content (AvgIpc) is 2.46. The van der Waals surface area contributed by atoms with Gasteiger partial charge in [-0.3, -0.25) is 0 Å². The van der Waals surface area contributed by atoms with Crippen molar-refractivity contribution in [3.05, 3.63) is 0 Å². The van der Waals surface area contributed by atoms with E-state index in [0.717, 1.165) is 0 Å². The molecule has 0 atom stereocenters. The van der Waals surface area contributed by atoms with E-state index in [9.17, 15) is 0 Å². The summed E-state index contributed by atoms with van der Waals surface area (Å²) < 4.78 is 2.56. The molecule has 0 amide bonds. The summed E-state index contributed by atoms with van der Waals surface area (Å²) in [5.74, 6) is 0. The number of rotatable bonds is 8. The van der Waals surface area contributed by atoms with Gasteiger partial charge in [-0.15, -0.1) is 0 Å². The number of nitrogens with zero attached hydrogens (tertiary/aromatic N) is 2. The minimum atomic E-state index is 0. The van der Waals surface area contributed by atoms with Crippen LogP contribution in [0.4, 0.5) is 0 Å². The normalized spacial score (nSPS) is 8.64. The van der Waals surface area contributed by atoms with Gasteiger partial charge in [0.15, 0.2) is 0 Å². The summed E-state index contributed by atoms with van der Waals surface area (Å²) >= 11 is 0. The monoisotopic (exact) mass is 563 g/mol. The van der Waals surface area contributed by atoms with Crippen LogP contribution in [0.3, 0.4) is 0 Å². The van der Waals surface area contributed by atoms with Gasteiger partial charge < -0.3 is 41.8 Å². The van der Waals surface area contributed by atoms with Gasteiger partial charge in [0.2, 0.25) is 0 Å². The maximum absolute atomic E-state index is 2.27. The van der Waals surface area contributed by atoms with Crippen molar-refractivity contribution >= 4 is 0 Å². The molecule has 0 bridgehead atoms. The first kappa shape index (κ1) is 56.2. The zero-order valence-corrected chi connectivity index (χ0v) is 20.1. The number of hydrogen-bond acceptors (Lipinski definition) is 0. The fourth-order valence-corrected chi connectivity index (χ4v) is 2.68. The van der Waals surface area contributed by atoms with Crippen LogP contribution < -0.4 is 0 Å². The van der Waals surface area contributed by atoms with Gasteiger partial charge in [0.25, 0.3) is 0 Å². The Hall–Kier alpha value is 0.368. The van der Waals surface area contributed by atoms with Crippen LogP contribution in [0.15, 0.2) is 0 Å². The molecule has 0 aliphatic heterocycles. The van der Waals surface area contributed by atoms with Gasteiger partial charge in [-0.05, 0) is 55.4 Å². The molecule has 0 spiro atoms. The molecule has 0 aromatic rings. The summed E-state index contributed by atoms with van der Waals surface area (Å²) in [4.78, 5) is 0. The Balaban J connectivity index is -0.0000000229. The van der Waals surface area contributed by atoms with E-state index in [2.05, 4.69) is 55.4 Å². The summed E-state index contributed by atoms with van der Waals surface area (Å²) in [5.41, 5.74) is 0. The molecule has 0 aromatic heterocycles. The molecule has 170 valence electrons. The van der Waals surface area contributed by atoms with Crippen LogP contribution >= 0.6 is 0 Å². The zero-order valence-electron chi connectivity index (χ0n) is 17.9. The van der Waals surface area contributed by atoms with Crippen LogP contribution in [0.1, 0.15) is 55.4 Å². The van der Waals surface area contributed by atoms with Crippen molar-refractivity contribution in [1.29, 1.82) is 0 Å². The van der Waals surface area contributed by atoms with E-state index in [1.54, 1.807) is 0 Å². The second-order valence-corrected chi connectivity index (χ2v) is 5.21. The molecule has 0 heterocycles. The van der Waals surface area contributed by atoms with Gasteiger partial charge in [-0.1, -0.05) is 0 Å². The number of hydrogen-bond donors (Lipinski definition) is 0. The van der Waals surface area contributed by atoms with Crippen molar-refractivity contribution in [2.24, 2.45) is 0 Å². The first-order valence-electron chi connectivity index (χ1n) is 8.19. The third-order valence-electron chi connectivity index (χ3n) is 5.37. The minimum absolute atomic E-state index is 0. The maximum Gasteiger partial charge on any atom is 0.0757 e. The molecule has 9 heteroatoms. The Morgan fingerprint density at radius 1 is 0.320 bits per heavy atom. The van der Waals surface area contributed by atoms with Crippen molar-refractivity contribution in [1.82, 2.24) is 0 Å². The van der Waals surface area contributed by atoms with E-state index < -0.39 is 0 Å². The summed E-state index contributed by atoms with van der Waals surface area (Å²) in [5, 5.41) is 0. The molecule has 0 saturated carbocycles. The second kappa shape index (κ2) is 32.1. The van der Waals surface area contributed by atoms with E-state index >= 15 is 0 Å². The molecule has 0 fully saturated rings. The van der Waals surface area contributed by atoms with E-state index in [0.29, 0.717) is 0 Å². The molecule has 0 unspecified atom stereocenters. The summed E-state index contributed by atoms with van der Waals surface area (Å²) in [6, 6.07) is 0. The first-order valence-corrected chi connectivity index (χ1v) is 8.19. The molecule has 0 radical (unpaired) electrons. The average molecular weight is 564 g/mol. The van der Waals surface area contributed by atoms with Gasteiger partial charge in [0.05, 0.1) is 52.4 Å². The van der Waals surface area contributed by atoms with Crippen LogP contribution in [0.2, 0.25) is 0 Å². The predicted molar refractivity (Wildman–Crippen MR) is 107 cm³/mol. The van der Waals surface area contributed by atoms with Crippen LogP contribution in [0.25, 0.3) is 0 Å². The predicted octanol–water partition coefficient (Wildman–Crippen LogP) is -1.19. The van der Waals surface area contributed by atoms with Crippen molar-refractivity contribution in [2.45, 2.75) is 55.4 Å². The molecular weight excluding hydrogens is 511 g/mol. The maximum atomic E-state index is 2.27. The van der Waals surface area contributed by atoms with Gasteiger partial charge in [0.1, 0.15) is 0 Å². The molecule has 0 rings (SSSR count). The van der Waals surface area contributed by atoms with E-state index in [1.165, 1.54) is 61.3 Å². The van der Waals surface area contributed by atoms with E-state index in [4.69, 9.17) is 0 Å². The Bertz CT molecular complexity index is 140. The van der Waals surface area contributed by atoms with E-state index in [-0.39, 0.29) is 53.9 Å². The van der Waals surface area contributed by atoms with Gasteiger partial charge in [-0.25, -0.2) is 0 Å². The molecule has 0 aromatic carbocycles. The van der Waals surface area contributed by atoms with Gasteiger partial charge in [0, 0.05) is 21.1 Å². The van der Waals surface area contributed by atoms with Crippen molar-refractivity contribution < 1.29 is 62.9 Å². The van der Waals surface area contributed by atoms with Crippen LogP contribution in [0, 0.1) is 0 Å². The van der Waals surface area contributed by atoms with Crippen molar-refractivity contribution in [3.63, 3.8) is 0 Å². The van der Waals surface area contributed by atoms with Crippen molar-refractivity contribution in [3.8, 4) is 0 Å². The first-order chi connectivity index (χ1) is 8.49. The SMILES string of the molecule is CC[N+](CC)(CC)CC.CC[N+](CC)(CC)CC.O.O.O.O.O.O.[Pt]. The molecule has 0 saturated heterocycles. The zero-order chi connectivity index (χ0) is 14.7. The fourth-order valence-electron chi connectivity index (χ4n) is 2.68. The van der Waals surface area contributed by atoms with Gasteiger partial charge in [-0.2, -0.15) is 0 Å². The topological polar surface area (TPSA) is 189 Å². The second-order valence-electron chi connectivity index (χ2n) is 5.21. The Morgan fingerprint density at radius 2 is 0.400 bits per heavy atom. The summed E-state index contributed by atoms with van der Waals surface area (Å²) in [7, 11) is 0. The minimum Gasteiger partial charge on any atom is -0.412 e. The smallest absolute Gasteiger partial charge is 0.0757 e. The molecule has 0 aliphatic rings. The Kier molecular flexibility index (Phi) is 72.1. The van der Waals surface area contributed by atoms with Crippen LogP contribution in [-0.2, 0) is 21.1 Å². The van der Waals surface area contributed by atoms with Crippen LogP contribution in [-0.4, -0.2) is 94.2 Å². The Labute approximate surface area is 170 Å². The number of quaternary nitrogens is 2. The third-order valence-corrected chi connectivity index (χ3v) is 5.37. The molecule has 25 heavy (non-hydrogen) atoms. The Morgan fingerprint density at radius 3 is 0.400 bits per heavy atom. The van der Waals surface area contributed by atoms with E-state index in [1.807, 2.05) is 0 Å².